The molecule has 1 N–H and O–H groups in total. The van der Waals surface area contributed by atoms with Crippen LogP contribution in [0.5, 0.6) is 0 Å². The molecule has 4 nitrogen and oxygen atoms in total. The van der Waals surface area contributed by atoms with Gasteiger partial charge in [0.25, 0.3) is 0 Å². The summed E-state index contributed by atoms with van der Waals surface area (Å²) in [5.74, 6) is 0.596. The Morgan fingerprint density at radius 1 is 1.53 bits per heavy atom. The van der Waals surface area contributed by atoms with Crippen molar-refractivity contribution in [2.45, 2.75) is 46.3 Å². The molecule has 96 valence electrons. The Bertz CT molecular complexity index is 375. The molecule has 1 aliphatic rings. The zero-order valence-electron chi connectivity index (χ0n) is 11.1. The van der Waals surface area contributed by atoms with Crippen LogP contribution in [-0.2, 0) is 13.1 Å². The fourth-order valence-electron chi connectivity index (χ4n) is 2.79. The van der Waals surface area contributed by atoms with Crippen molar-refractivity contribution in [3.63, 3.8) is 0 Å². The summed E-state index contributed by atoms with van der Waals surface area (Å²) in [5.41, 5.74) is 2.34. The van der Waals surface area contributed by atoms with Gasteiger partial charge in [0.2, 0.25) is 0 Å². The van der Waals surface area contributed by atoms with Gasteiger partial charge in [-0.05, 0) is 38.8 Å². The molecule has 2 rings (SSSR count). The van der Waals surface area contributed by atoms with E-state index in [-0.39, 0.29) is 6.61 Å². The van der Waals surface area contributed by atoms with Gasteiger partial charge in [-0.3, -0.25) is 9.58 Å². The van der Waals surface area contributed by atoms with E-state index in [2.05, 4.69) is 34.6 Å². The Kier molecular flexibility index (Phi) is 3.84. The molecule has 1 aromatic heterocycles. The first-order valence-electron chi connectivity index (χ1n) is 6.54. The number of rotatable bonds is 4. The first-order chi connectivity index (χ1) is 8.15. The highest BCUT2D eigenvalue weighted by atomic mass is 16.3. The number of aryl methyl sites for hydroxylation is 2. The molecule has 2 unspecified atom stereocenters. The minimum Gasteiger partial charge on any atom is -0.395 e. The molecule has 0 bridgehead atoms. The lowest BCUT2D eigenvalue weighted by Gasteiger charge is -2.25. The summed E-state index contributed by atoms with van der Waals surface area (Å²) in [6.45, 7) is 9.54. The topological polar surface area (TPSA) is 41.3 Å². The van der Waals surface area contributed by atoms with Crippen LogP contribution < -0.4 is 0 Å². The first kappa shape index (κ1) is 12.6. The van der Waals surface area contributed by atoms with Gasteiger partial charge >= 0.3 is 0 Å². The third-order valence-electron chi connectivity index (χ3n) is 3.83. The monoisotopic (exact) mass is 237 g/mol. The van der Waals surface area contributed by atoms with Crippen molar-refractivity contribution in [2.24, 2.45) is 5.92 Å². The molecule has 2 heterocycles. The van der Waals surface area contributed by atoms with Crippen LogP contribution in [0.2, 0.25) is 0 Å². The highest BCUT2D eigenvalue weighted by Crippen LogP contribution is 2.25. The highest BCUT2D eigenvalue weighted by molar-refractivity contribution is 5.09. The van der Waals surface area contributed by atoms with Gasteiger partial charge in [-0.15, -0.1) is 0 Å². The van der Waals surface area contributed by atoms with Gasteiger partial charge < -0.3 is 5.11 Å². The highest BCUT2D eigenvalue weighted by Gasteiger charge is 2.30. The van der Waals surface area contributed by atoms with Gasteiger partial charge in [-0.25, -0.2) is 0 Å². The van der Waals surface area contributed by atoms with E-state index in [1.54, 1.807) is 0 Å². The van der Waals surface area contributed by atoms with Crippen molar-refractivity contribution >= 4 is 0 Å². The Morgan fingerprint density at radius 2 is 2.29 bits per heavy atom. The number of aliphatic hydroxyl groups excluding tert-OH is 1. The summed E-state index contributed by atoms with van der Waals surface area (Å²) in [6.07, 6.45) is 1.18. The van der Waals surface area contributed by atoms with Crippen LogP contribution >= 0.6 is 0 Å². The van der Waals surface area contributed by atoms with Gasteiger partial charge in [-0.1, -0.05) is 6.92 Å². The van der Waals surface area contributed by atoms with E-state index in [0.29, 0.717) is 12.0 Å². The van der Waals surface area contributed by atoms with Gasteiger partial charge in [0.1, 0.15) is 0 Å². The normalized spacial score (nSPS) is 25.6. The van der Waals surface area contributed by atoms with Crippen molar-refractivity contribution in [1.82, 2.24) is 14.7 Å². The van der Waals surface area contributed by atoms with Crippen molar-refractivity contribution in [3.8, 4) is 0 Å². The van der Waals surface area contributed by atoms with E-state index in [0.717, 1.165) is 25.3 Å². The molecule has 1 aromatic rings. The maximum Gasteiger partial charge on any atom is 0.0597 e. The number of hydrogen-bond donors (Lipinski definition) is 1. The number of aromatic nitrogens is 2. The average molecular weight is 237 g/mol. The Morgan fingerprint density at radius 3 is 2.94 bits per heavy atom. The minimum absolute atomic E-state index is 0.264. The second-order valence-electron chi connectivity index (χ2n) is 5.08. The molecule has 0 aromatic carbocycles. The average Bonchev–Trinajstić information content (AvgIpc) is 2.83. The zero-order chi connectivity index (χ0) is 12.4. The van der Waals surface area contributed by atoms with Gasteiger partial charge in [-0.2, -0.15) is 5.10 Å². The molecular formula is C13H23N3O. The lowest BCUT2D eigenvalue weighted by molar-refractivity contribution is 0.132. The molecule has 4 heteroatoms. The fourth-order valence-corrected chi connectivity index (χ4v) is 2.79. The number of hydrogen-bond acceptors (Lipinski definition) is 3. The molecule has 17 heavy (non-hydrogen) atoms. The molecule has 0 spiro atoms. The Hall–Kier alpha value is -0.870. The molecule has 1 aliphatic heterocycles. The predicted octanol–water partition coefficient (Wildman–Crippen LogP) is 1.41. The van der Waals surface area contributed by atoms with Gasteiger partial charge in [0.05, 0.1) is 18.0 Å². The second kappa shape index (κ2) is 5.19. The third kappa shape index (κ3) is 2.53. The van der Waals surface area contributed by atoms with Crippen molar-refractivity contribution in [1.29, 1.82) is 0 Å². The molecule has 0 amide bonds. The van der Waals surface area contributed by atoms with E-state index in [1.807, 2.05) is 6.92 Å². The lowest BCUT2D eigenvalue weighted by atomic mass is 10.0. The number of aliphatic hydroxyl groups is 1. The van der Waals surface area contributed by atoms with E-state index in [1.165, 1.54) is 12.1 Å². The van der Waals surface area contributed by atoms with E-state index < -0.39 is 0 Å². The zero-order valence-corrected chi connectivity index (χ0v) is 11.1. The fraction of sp³-hybridized carbons (Fsp3) is 0.769. The maximum atomic E-state index is 9.45. The molecule has 0 aliphatic carbocycles. The quantitative estimate of drug-likeness (QED) is 0.861. The van der Waals surface area contributed by atoms with Crippen molar-refractivity contribution in [3.05, 3.63) is 17.5 Å². The standard InChI is InChI=1S/C13H23N3O/c1-4-16-12(7-11(3)14-16)8-15-6-5-10(2)13(15)9-17/h7,10,13,17H,4-6,8-9H2,1-3H3. The van der Waals surface area contributed by atoms with E-state index >= 15 is 0 Å². The van der Waals surface area contributed by atoms with Crippen LogP contribution in [0.4, 0.5) is 0 Å². The third-order valence-corrected chi connectivity index (χ3v) is 3.83. The maximum absolute atomic E-state index is 9.45. The van der Waals surface area contributed by atoms with Gasteiger partial charge in [0, 0.05) is 19.1 Å². The van der Waals surface area contributed by atoms with Crippen LogP contribution in [0.1, 0.15) is 31.7 Å². The smallest absolute Gasteiger partial charge is 0.0597 e. The first-order valence-corrected chi connectivity index (χ1v) is 6.54. The van der Waals surface area contributed by atoms with Crippen LogP contribution in [0.3, 0.4) is 0 Å². The largest absolute Gasteiger partial charge is 0.395 e. The van der Waals surface area contributed by atoms with Crippen LogP contribution in [0, 0.1) is 12.8 Å². The summed E-state index contributed by atoms with van der Waals surface area (Å²) in [4.78, 5) is 2.38. The Balaban J connectivity index is 2.09. The molecule has 0 radical (unpaired) electrons. The molecule has 1 fully saturated rings. The van der Waals surface area contributed by atoms with E-state index in [9.17, 15) is 5.11 Å². The second-order valence-corrected chi connectivity index (χ2v) is 5.08. The molecule has 0 saturated carbocycles. The molecule has 1 saturated heterocycles. The predicted molar refractivity (Wildman–Crippen MR) is 67.7 cm³/mol. The summed E-state index contributed by atoms with van der Waals surface area (Å²) in [5, 5.41) is 13.9. The minimum atomic E-state index is 0.264. The number of likely N-dealkylation sites (tertiary alicyclic amines) is 1. The summed E-state index contributed by atoms with van der Waals surface area (Å²) >= 11 is 0. The van der Waals surface area contributed by atoms with Gasteiger partial charge in [0.15, 0.2) is 0 Å². The van der Waals surface area contributed by atoms with E-state index in [4.69, 9.17) is 0 Å². The van der Waals surface area contributed by atoms with Crippen LogP contribution in [-0.4, -0.2) is 39.0 Å². The van der Waals surface area contributed by atoms with Crippen molar-refractivity contribution < 1.29 is 5.11 Å². The summed E-state index contributed by atoms with van der Waals surface area (Å²) in [7, 11) is 0. The SMILES string of the molecule is CCn1nc(C)cc1CN1CCC(C)C1CO. The van der Waals surface area contributed by atoms with Crippen LogP contribution in [0.15, 0.2) is 6.07 Å². The molecular weight excluding hydrogens is 214 g/mol. The summed E-state index contributed by atoms with van der Waals surface area (Å²) in [6, 6.07) is 2.47. The Labute approximate surface area is 103 Å². The molecule has 2 atom stereocenters. The number of nitrogens with zero attached hydrogens (tertiary/aromatic N) is 3. The lowest BCUT2D eigenvalue weighted by Crippen LogP contribution is -2.35. The van der Waals surface area contributed by atoms with Crippen LogP contribution in [0.25, 0.3) is 0 Å². The summed E-state index contributed by atoms with van der Waals surface area (Å²) < 4.78 is 2.06. The van der Waals surface area contributed by atoms with Crippen molar-refractivity contribution in [2.75, 3.05) is 13.2 Å².